The second-order valence-corrected chi connectivity index (χ2v) is 11.9. The predicted molar refractivity (Wildman–Crippen MR) is 161 cm³/mol. The van der Waals surface area contributed by atoms with Crippen LogP contribution in [0.15, 0.2) is 60.4 Å². The van der Waals surface area contributed by atoms with Crippen molar-refractivity contribution in [1.29, 1.82) is 0 Å². The average molecular weight is 636 g/mol. The average Bonchev–Trinajstić information content (AvgIpc) is 3.53. The van der Waals surface area contributed by atoms with Crippen LogP contribution < -0.4 is 9.64 Å². The van der Waals surface area contributed by atoms with Crippen molar-refractivity contribution in [2.24, 2.45) is 5.92 Å². The first-order valence-electron chi connectivity index (χ1n) is 14.4. The number of hydrogen-bond acceptors (Lipinski definition) is 7. The molecule has 0 radical (unpaired) electrons. The van der Waals surface area contributed by atoms with Gasteiger partial charge in [0, 0.05) is 13.0 Å². The number of carbonyl (C=O) groups is 1. The number of alkyl halides is 3. The van der Waals surface area contributed by atoms with Crippen LogP contribution in [-0.4, -0.2) is 39.3 Å². The van der Waals surface area contributed by atoms with Gasteiger partial charge in [-0.25, -0.2) is 4.79 Å². The minimum atomic E-state index is -4.86. The second kappa shape index (κ2) is 13.5. The summed E-state index contributed by atoms with van der Waals surface area (Å²) in [5, 5.41) is 14.3. The van der Waals surface area contributed by atoms with Crippen LogP contribution in [0.5, 0.6) is 5.75 Å². The lowest BCUT2D eigenvalue weighted by molar-refractivity contribution is -0.145. The van der Waals surface area contributed by atoms with Gasteiger partial charge >= 0.3 is 12.1 Å². The summed E-state index contributed by atoms with van der Waals surface area (Å²) in [6.07, 6.45) is -4.38. The van der Waals surface area contributed by atoms with Gasteiger partial charge < -0.3 is 19.3 Å². The number of benzene rings is 2. The maximum absolute atomic E-state index is 14.6. The zero-order valence-electron chi connectivity index (χ0n) is 25.3. The van der Waals surface area contributed by atoms with Crippen molar-refractivity contribution < 1.29 is 37.3 Å². The molecule has 1 N–H and O–H groups in total. The Morgan fingerprint density at radius 2 is 1.84 bits per heavy atom. The largest absolute Gasteiger partial charge is 0.487 e. The van der Waals surface area contributed by atoms with E-state index in [9.17, 15) is 23.1 Å². The summed E-state index contributed by atoms with van der Waals surface area (Å²) in [4.78, 5) is 15.0. The highest BCUT2D eigenvalue weighted by Gasteiger charge is 2.46. The Hall–Kier alpha value is -3.70. The molecular formula is C32H37ClF3N3O5. The van der Waals surface area contributed by atoms with E-state index in [2.05, 4.69) is 5.10 Å². The fourth-order valence-electron chi connectivity index (χ4n) is 4.84. The van der Waals surface area contributed by atoms with Gasteiger partial charge in [-0.05, 0) is 50.8 Å². The van der Waals surface area contributed by atoms with Crippen LogP contribution in [0.25, 0.3) is 5.76 Å². The molecule has 1 aliphatic heterocycles. The Morgan fingerprint density at radius 3 is 2.45 bits per heavy atom. The van der Waals surface area contributed by atoms with Crippen molar-refractivity contribution in [3.05, 3.63) is 82.3 Å². The number of aliphatic hydroxyl groups is 1. The van der Waals surface area contributed by atoms with Crippen LogP contribution in [0, 0.1) is 5.92 Å². The minimum absolute atomic E-state index is 0.00925. The number of anilines is 1. The molecular weight excluding hydrogens is 599 g/mol. The molecule has 0 saturated carbocycles. The van der Waals surface area contributed by atoms with Crippen LogP contribution in [-0.2, 0) is 33.6 Å². The number of carbonyl (C=O) groups excluding carboxylic acids is 1. The molecule has 0 saturated heterocycles. The number of nitrogens with zero attached hydrogens (tertiary/aromatic N) is 3. The first kappa shape index (κ1) is 33.2. The SMILES string of the molecule is CCOC(=O)C1=C(c2cnn(CCC(C)(C)O)c2C(F)(F)F)OC(CC(C)C)N1c1cccc(OCc2ccccc2)c1Cl. The summed E-state index contributed by atoms with van der Waals surface area (Å²) in [7, 11) is 0. The molecule has 0 fully saturated rings. The molecule has 2 aromatic carbocycles. The summed E-state index contributed by atoms with van der Waals surface area (Å²) in [6.45, 7) is 8.45. The zero-order chi connectivity index (χ0) is 32.2. The van der Waals surface area contributed by atoms with Gasteiger partial charge in [0.1, 0.15) is 17.4 Å². The van der Waals surface area contributed by atoms with Crippen LogP contribution in [0.1, 0.15) is 64.3 Å². The molecule has 0 bridgehead atoms. The number of aryl methyl sites for hydroxylation is 1. The molecule has 0 spiro atoms. The number of rotatable bonds is 12. The number of halogens is 4. The van der Waals surface area contributed by atoms with Gasteiger partial charge in [-0.1, -0.05) is 61.8 Å². The van der Waals surface area contributed by atoms with E-state index in [1.165, 1.54) is 18.7 Å². The number of aromatic nitrogens is 2. The molecule has 2 heterocycles. The molecule has 3 aromatic rings. The van der Waals surface area contributed by atoms with Crippen molar-refractivity contribution in [2.75, 3.05) is 11.5 Å². The third-order valence-electron chi connectivity index (χ3n) is 6.87. The summed E-state index contributed by atoms with van der Waals surface area (Å²) in [5.41, 5.74) is -1.75. The highest BCUT2D eigenvalue weighted by Crippen LogP contribution is 2.47. The predicted octanol–water partition coefficient (Wildman–Crippen LogP) is 7.44. The van der Waals surface area contributed by atoms with E-state index in [4.69, 9.17) is 25.8 Å². The molecule has 44 heavy (non-hydrogen) atoms. The lowest BCUT2D eigenvalue weighted by Gasteiger charge is -2.29. The standard InChI is InChI=1S/C32H37ClF3N3O5/c1-6-42-30(40)27-28(22-18-37-38(16-15-31(4,5)41)29(22)32(34,35)36)44-25(17-20(2)3)39(27)23-13-10-14-24(26(23)33)43-19-21-11-8-7-9-12-21/h7-14,18,20,25,41H,6,15-17,19H2,1-5H3. The molecule has 1 unspecified atom stereocenters. The quantitative estimate of drug-likeness (QED) is 0.207. The zero-order valence-corrected chi connectivity index (χ0v) is 26.1. The van der Waals surface area contributed by atoms with Gasteiger partial charge in [-0.15, -0.1) is 0 Å². The van der Waals surface area contributed by atoms with Crippen molar-refractivity contribution in [1.82, 2.24) is 9.78 Å². The first-order valence-corrected chi connectivity index (χ1v) is 14.8. The molecule has 1 aliphatic rings. The van der Waals surface area contributed by atoms with E-state index in [1.54, 1.807) is 25.1 Å². The van der Waals surface area contributed by atoms with E-state index in [1.807, 2.05) is 44.2 Å². The molecule has 4 rings (SSSR count). The molecule has 1 atom stereocenters. The van der Waals surface area contributed by atoms with Gasteiger partial charge in [0.15, 0.2) is 23.4 Å². The van der Waals surface area contributed by atoms with Gasteiger partial charge in [0.05, 0.1) is 29.7 Å². The summed E-state index contributed by atoms with van der Waals surface area (Å²) >= 11 is 6.87. The van der Waals surface area contributed by atoms with E-state index in [0.717, 1.165) is 16.4 Å². The topological polar surface area (TPSA) is 86.0 Å². The van der Waals surface area contributed by atoms with Gasteiger partial charge in [0.25, 0.3) is 0 Å². The number of ether oxygens (including phenoxy) is 3. The van der Waals surface area contributed by atoms with Crippen molar-refractivity contribution in [3.8, 4) is 5.75 Å². The first-order chi connectivity index (χ1) is 20.7. The highest BCUT2D eigenvalue weighted by molar-refractivity contribution is 6.35. The fraction of sp³-hybridized carbons (Fsp3) is 0.438. The van der Waals surface area contributed by atoms with Gasteiger partial charge in [-0.2, -0.15) is 18.3 Å². The van der Waals surface area contributed by atoms with Gasteiger partial charge in [0.2, 0.25) is 0 Å². The number of hydrogen-bond donors (Lipinski definition) is 1. The molecule has 238 valence electrons. The normalized spacial score (nSPS) is 15.6. The van der Waals surface area contributed by atoms with Crippen LogP contribution in [0.3, 0.4) is 0 Å². The summed E-state index contributed by atoms with van der Waals surface area (Å²) in [5.74, 6) is -0.845. The maximum atomic E-state index is 14.6. The molecule has 12 heteroatoms. The number of esters is 1. The third kappa shape index (κ3) is 7.68. The Kier molecular flexibility index (Phi) is 10.2. The van der Waals surface area contributed by atoms with E-state index in [0.29, 0.717) is 17.9 Å². The summed E-state index contributed by atoms with van der Waals surface area (Å²) in [6, 6.07) is 14.5. The maximum Gasteiger partial charge on any atom is 0.433 e. The fourth-order valence-corrected chi connectivity index (χ4v) is 5.12. The Labute approximate surface area is 260 Å². The van der Waals surface area contributed by atoms with Crippen molar-refractivity contribution in [3.63, 3.8) is 0 Å². The van der Waals surface area contributed by atoms with Crippen LogP contribution in [0.2, 0.25) is 5.02 Å². The molecule has 0 aliphatic carbocycles. The van der Waals surface area contributed by atoms with Crippen LogP contribution >= 0.6 is 11.6 Å². The van der Waals surface area contributed by atoms with E-state index in [-0.39, 0.29) is 48.6 Å². The second-order valence-electron chi connectivity index (χ2n) is 11.5. The van der Waals surface area contributed by atoms with Crippen LogP contribution in [0.4, 0.5) is 18.9 Å². The lowest BCUT2D eigenvalue weighted by atomic mass is 10.1. The van der Waals surface area contributed by atoms with Crippen molar-refractivity contribution in [2.45, 2.75) is 78.6 Å². The van der Waals surface area contributed by atoms with E-state index >= 15 is 0 Å². The lowest BCUT2D eigenvalue weighted by Crippen LogP contribution is -2.35. The highest BCUT2D eigenvalue weighted by atomic mass is 35.5. The monoisotopic (exact) mass is 635 g/mol. The van der Waals surface area contributed by atoms with Gasteiger partial charge in [-0.3, -0.25) is 9.58 Å². The Balaban J connectivity index is 1.87. The molecule has 8 nitrogen and oxygen atoms in total. The Bertz CT molecular complexity index is 1480. The molecule has 1 aromatic heterocycles. The minimum Gasteiger partial charge on any atom is -0.487 e. The van der Waals surface area contributed by atoms with Crippen molar-refractivity contribution >= 4 is 29.0 Å². The summed E-state index contributed by atoms with van der Waals surface area (Å²) < 4.78 is 62.1. The smallest absolute Gasteiger partial charge is 0.433 e. The van der Waals surface area contributed by atoms with E-state index < -0.39 is 35.2 Å². The molecule has 0 amide bonds. The third-order valence-corrected chi connectivity index (χ3v) is 7.25. The Morgan fingerprint density at radius 1 is 1.14 bits per heavy atom.